The summed E-state index contributed by atoms with van der Waals surface area (Å²) in [6, 6.07) is -0.550. The van der Waals surface area contributed by atoms with Gasteiger partial charge in [0.2, 0.25) is 0 Å². The molecule has 1 amide bonds. The number of aliphatic hydroxyl groups excluding tert-OH is 1. The number of β-amino-alcohol motifs (C(OH)–C–C–N with tert-alkyl or cyclic N) is 1. The lowest BCUT2D eigenvalue weighted by Crippen LogP contribution is -2.27. The van der Waals surface area contributed by atoms with Gasteiger partial charge < -0.3 is 15.1 Å². The van der Waals surface area contributed by atoms with E-state index in [0.717, 1.165) is 17.1 Å². The zero-order chi connectivity index (χ0) is 16.6. The Morgan fingerprint density at radius 3 is 2.87 bits per heavy atom. The van der Waals surface area contributed by atoms with Gasteiger partial charge in [0.15, 0.2) is 21.5 Å². The van der Waals surface area contributed by atoms with Gasteiger partial charge in [0.05, 0.1) is 12.6 Å². The van der Waals surface area contributed by atoms with Gasteiger partial charge in [-0.1, -0.05) is 35.5 Å². The lowest BCUT2D eigenvalue weighted by atomic mass is 10.2. The van der Waals surface area contributed by atoms with Gasteiger partial charge in [-0.05, 0) is 6.42 Å². The van der Waals surface area contributed by atoms with Crippen LogP contribution < -0.4 is 0 Å². The van der Waals surface area contributed by atoms with E-state index in [2.05, 4.69) is 20.3 Å². The highest BCUT2D eigenvalue weighted by atomic mass is 35.5. The normalized spacial score (nSPS) is 21.3. The van der Waals surface area contributed by atoms with Crippen LogP contribution in [0.25, 0.3) is 11.2 Å². The molecule has 9 nitrogen and oxygen atoms in total. The quantitative estimate of drug-likeness (QED) is 0.476. The zero-order valence-corrected chi connectivity index (χ0v) is 13.8. The minimum Gasteiger partial charge on any atom is -0.465 e. The Hall–Kier alpha value is -1.65. The lowest BCUT2D eigenvalue weighted by Gasteiger charge is -2.13. The number of hydrogen-bond acceptors (Lipinski definition) is 7. The summed E-state index contributed by atoms with van der Waals surface area (Å²) in [6.07, 6.45) is -0.991. The highest BCUT2D eigenvalue weighted by Crippen LogP contribution is 2.28. The van der Waals surface area contributed by atoms with Gasteiger partial charge >= 0.3 is 6.09 Å². The lowest BCUT2D eigenvalue weighted by molar-refractivity contribution is 0.131. The molecule has 124 valence electrons. The Morgan fingerprint density at radius 2 is 2.22 bits per heavy atom. The largest absolute Gasteiger partial charge is 0.465 e. The van der Waals surface area contributed by atoms with Gasteiger partial charge in [0, 0.05) is 12.3 Å². The molecule has 0 spiro atoms. The van der Waals surface area contributed by atoms with Gasteiger partial charge in [-0.25, -0.2) is 19.4 Å². The molecule has 3 rings (SSSR count). The fourth-order valence-corrected chi connectivity index (χ4v) is 3.37. The topological polar surface area (TPSA) is 117 Å². The summed E-state index contributed by atoms with van der Waals surface area (Å²) in [5.74, 6) is 0.849. The molecule has 0 radical (unpaired) electrons. The molecule has 23 heavy (non-hydrogen) atoms. The Morgan fingerprint density at radius 1 is 1.43 bits per heavy atom. The zero-order valence-electron chi connectivity index (χ0n) is 12.3. The van der Waals surface area contributed by atoms with Crippen molar-refractivity contribution in [3.8, 4) is 0 Å². The standard InChI is InChI=1S/C12H15ClN6O3S/c1-2-3-23-11-14-9(13)8-10(15-11)19(17-16-8)6-4-18(12(21)22)5-7(6)20/h6-7,20H,2-5H2,1H3,(H,21,22)/t6-,7-/m0/s1. The molecule has 2 aromatic rings. The van der Waals surface area contributed by atoms with E-state index in [1.807, 2.05) is 6.92 Å². The number of hydrogen-bond donors (Lipinski definition) is 2. The SMILES string of the molecule is CCCSc1nc(Cl)c2nnn([C@H]3CN(C(=O)O)C[C@@H]3O)c2n1. The molecule has 0 unspecified atom stereocenters. The second kappa shape index (κ2) is 6.46. The number of halogens is 1. The molecular formula is C12H15ClN6O3S. The number of amides is 1. The van der Waals surface area contributed by atoms with Crippen LogP contribution in [0.4, 0.5) is 4.79 Å². The van der Waals surface area contributed by atoms with Crippen LogP contribution in [0.2, 0.25) is 5.15 Å². The van der Waals surface area contributed by atoms with Crippen LogP contribution in [-0.4, -0.2) is 71.1 Å². The van der Waals surface area contributed by atoms with Crippen molar-refractivity contribution >= 4 is 40.6 Å². The Labute approximate surface area is 140 Å². The molecule has 1 aliphatic heterocycles. The Bertz CT molecular complexity index is 741. The summed E-state index contributed by atoms with van der Waals surface area (Å²) in [5.41, 5.74) is 0.744. The van der Waals surface area contributed by atoms with Crippen LogP contribution in [0.15, 0.2) is 5.16 Å². The number of fused-ring (bicyclic) bond motifs is 1. The van der Waals surface area contributed by atoms with Gasteiger partial charge in [-0.2, -0.15) is 0 Å². The first-order valence-corrected chi connectivity index (χ1v) is 8.44. The van der Waals surface area contributed by atoms with E-state index in [-0.39, 0.29) is 18.2 Å². The predicted molar refractivity (Wildman–Crippen MR) is 83.8 cm³/mol. The fraction of sp³-hybridized carbons (Fsp3) is 0.583. The van der Waals surface area contributed by atoms with E-state index in [9.17, 15) is 9.90 Å². The number of carbonyl (C=O) groups is 1. The molecule has 2 atom stereocenters. The number of rotatable bonds is 4. The van der Waals surface area contributed by atoms with Crippen molar-refractivity contribution in [2.75, 3.05) is 18.8 Å². The van der Waals surface area contributed by atoms with Crippen molar-refractivity contribution in [1.82, 2.24) is 29.9 Å². The van der Waals surface area contributed by atoms with Crippen LogP contribution in [-0.2, 0) is 0 Å². The molecule has 0 aromatic carbocycles. The third-order valence-electron chi connectivity index (χ3n) is 3.54. The number of carboxylic acid groups (broad SMARTS) is 1. The monoisotopic (exact) mass is 358 g/mol. The molecule has 0 aliphatic carbocycles. The van der Waals surface area contributed by atoms with Crippen LogP contribution in [0.3, 0.4) is 0 Å². The van der Waals surface area contributed by atoms with Crippen molar-refractivity contribution in [2.24, 2.45) is 0 Å². The number of likely N-dealkylation sites (tertiary alicyclic amines) is 1. The smallest absolute Gasteiger partial charge is 0.407 e. The Balaban J connectivity index is 1.98. The highest BCUT2D eigenvalue weighted by Gasteiger charge is 2.37. The summed E-state index contributed by atoms with van der Waals surface area (Å²) in [5, 5.41) is 27.9. The van der Waals surface area contributed by atoms with Crippen LogP contribution >= 0.6 is 23.4 Å². The Kier molecular flexibility index (Phi) is 4.55. The van der Waals surface area contributed by atoms with Crippen molar-refractivity contribution in [2.45, 2.75) is 30.6 Å². The van der Waals surface area contributed by atoms with Gasteiger partial charge in [0.25, 0.3) is 0 Å². The number of thioether (sulfide) groups is 1. The third kappa shape index (κ3) is 3.06. The molecule has 1 aliphatic rings. The maximum absolute atomic E-state index is 11.1. The van der Waals surface area contributed by atoms with Crippen molar-refractivity contribution < 1.29 is 15.0 Å². The molecule has 2 N–H and O–H groups in total. The molecule has 3 heterocycles. The first-order chi connectivity index (χ1) is 11.0. The predicted octanol–water partition coefficient (Wildman–Crippen LogP) is 1.27. The second-order valence-corrected chi connectivity index (χ2v) is 6.59. The minimum absolute atomic E-state index is 0.0254. The van der Waals surface area contributed by atoms with Gasteiger partial charge in [0.1, 0.15) is 6.04 Å². The molecule has 0 saturated carbocycles. The first kappa shape index (κ1) is 16.2. The molecule has 1 saturated heterocycles. The number of aliphatic hydroxyl groups is 1. The molecular weight excluding hydrogens is 344 g/mol. The number of nitrogens with zero attached hydrogens (tertiary/aromatic N) is 6. The van der Waals surface area contributed by atoms with Crippen molar-refractivity contribution in [3.63, 3.8) is 0 Å². The summed E-state index contributed by atoms with van der Waals surface area (Å²) in [7, 11) is 0. The van der Waals surface area contributed by atoms with E-state index in [1.54, 1.807) is 0 Å². The van der Waals surface area contributed by atoms with Gasteiger partial charge in [-0.15, -0.1) is 5.10 Å². The molecule has 1 fully saturated rings. The second-order valence-electron chi connectivity index (χ2n) is 5.17. The maximum Gasteiger partial charge on any atom is 0.407 e. The summed E-state index contributed by atoms with van der Waals surface area (Å²) >= 11 is 7.60. The molecule has 2 aromatic heterocycles. The van der Waals surface area contributed by atoms with E-state index in [0.29, 0.717) is 16.3 Å². The van der Waals surface area contributed by atoms with Crippen molar-refractivity contribution in [1.29, 1.82) is 0 Å². The van der Waals surface area contributed by atoms with E-state index in [4.69, 9.17) is 16.7 Å². The van der Waals surface area contributed by atoms with Crippen LogP contribution in [0.5, 0.6) is 0 Å². The minimum atomic E-state index is -1.08. The third-order valence-corrected chi connectivity index (χ3v) is 4.86. The molecule has 11 heteroatoms. The summed E-state index contributed by atoms with van der Waals surface area (Å²) in [4.78, 5) is 20.8. The number of aromatic nitrogens is 5. The maximum atomic E-state index is 11.1. The fourth-order valence-electron chi connectivity index (χ4n) is 2.43. The average Bonchev–Trinajstić information content (AvgIpc) is 3.08. The highest BCUT2D eigenvalue weighted by molar-refractivity contribution is 7.99. The average molecular weight is 359 g/mol. The van der Waals surface area contributed by atoms with E-state index in [1.165, 1.54) is 16.4 Å². The van der Waals surface area contributed by atoms with E-state index < -0.39 is 18.2 Å². The van der Waals surface area contributed by atoms with Crippen LogP contribution in [0, 0.1) is 0 Å². The first-order valence-electron chi connectivity index (χ1n) is 7.08. The van der Waals surface area contributed by atoms with Gasteiger partial charge in [-0.3, -0.25) is 0 Å². The summed E-state index contributed by atoms with van der Waals surface area (Å²) < 4.78 is 1.44. The van der Waals surface area contributed by atoms with Crippen molar-refractivity contribution in [3.05, 3.63) is 5.15 Å². The van der Waals surface area contributed by atoms with E-state index >= 15 is 0 Å². The molecule has 0 bridgehead atoms. The summed E-state index contributed by atoms with van der Waals surface area (Å²) in [6.45, 7) is 2.19. The van der Waals surface area contributed by atoms with Crippen LogP contribution in [0.1, 0.15) is 19.4 Å².